The zero-order valence-electron chi connectivity index (χ0n) is 27.4. The maximum atomic E-state index is 12.8. The van der Waals surface area contributed by atoms with Crippen LogP contribution in [0.2, 0.25) is 0 Å². The van der Waals surface area contributed by atoms with Crippen LogP contribution in [-0.4, -0.2) is 23.0 Å². The SMILES string of the molecule is CCCCCC[C@H](C)OC(=O)c1ccc(C#Cc2ccc(OC(=O)c3ccc(C4CCC(CCCCC)CC4)cc3)cc2)nc1. The van der Waals surface area contributed by atoms with Crippen molar-refractivity contribution in [2.75, 3.05) is 0 Å². The first-order valence-corrected chi connectivity index (χ1v) is 17.1. The number of nitrogens with zero attached hydrogens (tertiary/aromatic N) is 1. The third kappa shape index (κ3) is 11.2. The number of hydrogen-bond donors (Lipinski definition) is 0. The van der Waals surface area contributed by atoms with Gasteiger partial charge in [0.15, 0.2) is 0 Å². The van der Waals surface area contributed by atoms with E-state index in [-0.39, 0.29) is 18.0 Å². The second-order valence-electron chi connectivity index (χ2n) is 12.5. The van der Waals surface area contributed by atoms with Crippen LogP contribution in [0.3, 0.4) is 0 Å². The number of rotatable bonds is 14. The van der Waals surface area contributed by atoms with Crippen molar-refractivity contribution in [2.45, 2.75) is 116 Å². The number of pyridine rings is 1. The maximum absolute atomic E-state index is 12.8. The molecular weight excluding hydrogens is 558 g/mol. The fourth-order valence-corrected chi connectivity index (χ4v) is 6.02. The standard InChI is InChI=1S/C40H49NO4/c1-4-6-8-10-11-30(3)44-40(43)36-24-26-37(41-29-36)25-15-32-16-27-38(28-17-32)45-39(42)35-22-20-34(21-23-35)33-18-13-31(14-19-33)12-9-7-5-2/h16-17,20-24,26-31,33H,4-14,18-19H2,1-3H3/t30-,31?,33?/m0/s1. The molecule has 0 bridgehead atoms. The number of esters is 2. The monoisotopic (exact) mass is 607 g/mol. The molecule has 1 atom stereocenters. The van der Waals surface area contributed by atoms with E-state index in [2.05, 4.69) is 42.8 Å². The van der Waals surface area contributed by atoms with Crippen molar-refractivity contribution in [1.82, 2.24) is 4.98 Å². The van der Waals surface area contributed by atoms with E-state index < -0.39 is 0 Å². The molecule has 45 heavy (non-hydrogen) atoms. The van der Waals surface area contributed by atoms with Crippen LogP contribution >= 0.6 is 0 Å². The van der Waals surface area contributed by atoms with Crippen LogP contribution in [0, 0.1) is 17.8 Å². The molecule has 1 aliphatic rings. The van der Waals surface area contributed by atoms with Crippen LogP contribution in [-0.2, 0) is 4.74 Å². The molecule has 3 aromatic rings. The minimum atomic E-state index is -0.367. The largest absolute Gasteiger partial charge is 0.459 e. The molecule has 1 fully saturated rings. The van der Waals surface area contributed by atoms with Crippen molar-refractivity contribution in [1.29, 1.82) is 0 Å². The molecule has 0 radical (unpaired) electrons. The Morgan fingerprint density at radius 3 is 2.13 bits per heavy atom. The van der Waals surface area contributed by atoms with Crippen molar-refractivity contribution in [3.05, 3.63) is 94.8 Å². The molecule has 2 aromatic carbocycles. The van der Waals surface area contributed by atoms with Crippen molar-refractivity contribution in [2.24, 2.45) is 5.92 Å². The first-order chi connectivity index (χ1) is 21.9. The topological polar surface area (TPSA) is 65.5 Å². The van der Waals surface area contributed by atoms with E-state index in [0.717, 1.165) is 30.7 Å². The Bertz CT molecular complexity index is 1390. The second kappa shape index (κ2) is 18.2. The number of aromatic nitrogens is 1. The third-order valence-electron chi connectivity index (χ3n) is 8.85. The second-order valence-corrected chi connectivity index (χ2v) is 12.5. The number of carbonyl (C=O) groups is 2. The molecular formula is C40H49NO4. The average molecular weight is 608 g/mol. The molecule has 5 nitrogen and oxygen atoms in total. The van der Waals surface area contributed by atoms with Gasteiger partial charge in [0.25, 0.3) is 0 Å². The first kappa shape index (κ1) is 34.0. The van der Waals surface area contributed by atoms with Crippen LogP contribution < -0.4 is 4.74 Å². The lowest BCUT2D eigenvalue weighted by Crippen LogP contribution is -2.15. The fourth-order valence-electron chi connectivity index (χ4n) is 6.02. The molecule has 0 spiro atoms. The number of benzene rings is 2. The molecule has 0 saturated heterocycles. The summed E-state index contributed by atoms with van der Waals surface area (Å²) in [7, 11) is 0. The highest BCUT2D eigenvalue weighted by Crippen LogP contribution is 2.37. The van der Waals surface area contributed by atoms with Crippen LogP contribution in [0.15, 0.2) is 66.9 Å². The van der Waals surface area contributed by atoms with Gasteiger partial charge in [0.1, 0.15) is 11.4 Å². The Kier molecular flexibility index (Phi) is 13.7. The van der Waals surface area contributed by atoms with Gasteiger partial charge in [-0.1, -0.05) is 76.8 Å². The molecule has 0 amide bonds. The summed E-state index contributed by atoms with van der Waals surface area (Å²) in [6.45, 7) is 6.38. The molecule has 0 N–H and O–H groups in total. The Labute approximate surface area is 270 Å². The molecule has 4 rings (SSSR count). The lowest BCUT2D eigenvalue weighted by Gasteiger charge is -2.29. The predicted octanol–water partition coefficient (Wildman–Crippen LogP) is 10.1. The zero-order chi connectivity index (χ0) is 31.9. The minimum Gasteiger partial charge on any atom is -0.459 e. The van der Waals surface area contributed by atoms with Gasteiger partial charge in [-0.3, -0.25) is 0 Å². The summed E-state index contributed by atoms with van der Waals surface area (Å²) in [5, 5.41) is 0. The Hall–Kier alpha value is -3.91. The summed E-state index contributed by atoms with van der Waals surface area (Å²) in [5.74, 6) is 7.31. The van der Waals surface area contributed by atoms with Gasteiger partial charge in [0.05, 0.1) is 17.2 Å². The lowest BCUT2D eigenvalue weighted by atomic mass is 9.77. The number of unbranched alkanes of at least 4 members (excludes halogenated alkanes) is 5. The average Bonchev–Trinajstić information content (AvgIpc) is 3.07. The number of carbonyl (C=O) groups excluding carboxylic acids is 2. The van der Waals surface area contributed by atoms with E-state index in [1.54, 1.807) is 24.3 Å². The number of ether oxygens (including phenoxy) is 2. The Balaban J connectivity index is 1.22. The van der Waals surface area contributed by atoms with E-state index in [4.69, 9.17) is 9.47 Å². The maximum Gasteiger partial charge on any atom is 0.343 e. The Morgan fingerprint density at radius 1 is 0.778 bits per heavy atom. The normalized spacial score (nSPS) is 16.7. The highest BCUT2D eigenvalue weighted by molar-refractivity contribution is 5.91. The lowest BCUT2D eigenvalue weighted by molar-refractivity contribution is 0.0318. The van der Waals surface area contributed by atoms with E-state index in [0.29, 0.717) is 28.5 Å². The molecule has 1 heterocycles. The van der Waals surface area contributed by atoms with Gasteiger partial charge in [-0.25, -0.2) is 14.6 Å². The minimum absolute atomic E-state index is 0.115. The van der Waals surface area contributed by atoms with Crippen LogP contribution in [0.4, 0.5) is 0 Å². The third-order valence-corrected chi connectivity index (χ3v) is 8.85. The van der Waals surface area contributed by atoms with Crippen molar-refractivity contribution in [3.63, 3.8) is 0 Å². The van der Waals surface area contributed by atoms with Gasteiger partial charge >= 0.3 is 11.9 Å². The molecule has 5 heteroatoms. The first-order valence-electron chi connectivity index (χ1n) is 17.1. The van der Waals surface area contributed by atoms with Gasteiger partial charge < -0.3 is 9.47 Å². The molecule has 1 aliphatic carbocycles. The van der Waals surface area contributed by atoms with E-state index in [9.17, 15) is 9.59 Å². The summed E-state index contributed by atoms with van der Waals surface area (Å²) in [5.41, 5.74) is 3.62. The van der Waals surface area contributed by atoms with Crippen molar-refractivity contribution < 1.29 is 19.1 Å². The van der Waals surface area contributed by atoms with Gasteiger partial charge in [0.2, 0.25) is 0 Å². The molecule has 1 aromatic heterocycles. The summed E-state index contributed by atoms with van der Waals surface area (Å²) in [4.78, 5) is 29.5. The van der Waals surface area contributed by atoms with Crippen LogP contribution in [0.1, 0.15) is 148 Å². The molecule has 0 unspecified atom stereocenters. The van der Waals surface area contributed by atoms with Crippen molar-refractivity contribution >= 4 is 11.9 Å². The van der Waals surface area contributed by atoms with Gasteiger partial charge in [-0.15, -0.1) is 0 Å². The van der Waals surface area contributed by atoms with Crippen LogP contribution in [0.25, 0.3) is 0 Å². The highest BCUT2D eigenvalue weighted by Gasteiger charge is 2.22. The quantitative estimate of drug-likeness (QED) is 0.0790. The summed E-state index contributed by atoms with van der Waals surface area (Å²) in [6, 6.07) is 18.5. The number of hydrogen-bond acceptors (Lipinski definition) is 5. The Morgan fingerprint density at radius 2 is 1.47 bits per heavy atom. The van der Waals surface area contributed by atoms with E-state index in [1.165, 1.54) is 76.0 Å². The molecule has 238 valence electrons. The predicted molar refractivity (Wildman–Crippen MR) is 181 cm³/mol. The summed E-state index contributed by atoms with van der Waals surface area (Å²) < 4.78 is 11.2. The van der Waals surface area contributed by atoms with Gasteiger partial charge in [0, 0.05) is 11.8 Å². The van der Waals surface area contributed by atoms with E-state index >= 15 is 0 Å². The van der Waals surface area contributed by atoms with Crippen LogP contribution in [0.5, 0.6) is 5.75 Å². The fraction of sp³-hybridized carbons (Fsp3) is 0.475. The molecule has 1 saturated carbocycles. The molecule has 0 aliphatic heterocycles. The van der Waals surface area contributed by atoms with E-state index in [1.807, 2.05) is 31.2 Å². The van der Waals surface area contributed by atoms with Gasteiger partial charge in [-0.2, -0.15) is 0 Å². The van der Waals surface area contributed by atoms with Crippen molar-refractivity contribution in [3.8, 4) is 17.6 Å². The summed E-state index contributed by atoms with van der Waals surface area (Å²) in [6.07, 6.45) is 17.4. The smallest absolute Gasteiger partial charge is 0.343 e. The highest BCUT2D eigenvalue weighted by atomic mass is 16.5. The van der Waals surface area contributed by atoms with Gasteiger partial charge in [-0.05, 0) is 117 Å². The summed E-state index contributed by atoms with van der Waals surface area (Å²) >= 11 is 0. The zero-order valence-corrected chi connectivity index (χ0v) is 27.4.